The number of hydrogen-bond donors (Lipinski definition) is 2. The minimum Gasteiger partial charge on any atom is -0.459 e. The third kappa shape index (κ3) is 4.74. The van der Waals surface area contributed by atoms with Crippen LogP contribution in [0.5, 0.6) is 0 Å². The molecule has 0 aliphatic carbocycles. The molecular weight excluding hydrogens is 353 g/mol. The second kappa shape index (κ2) is 8.04. The van der Waals surface area contributed by atoms with Crippen LogP contribution in [0.15, 0.2) is 39.7 Å². The number of nitrogens with one attached hydrogen (secondary N) is 1. The van der Waals surface area contributed by atoms with Crippen LogP contribution in [0, 0.1) is 0 Å². The minimum atomic E-state index is 0. The normalized spacial score (nSPS) is 11.3. The van der Waals surface area contributed by atoms with Crippen molar-refractivity contribution >= 4 is 40.9 Å². The number of benzene rings is 1. The molecule has 0 radical (unpaired) electrons. The van der Waals surface area contributed by atoms with Crippen molar-refractivity contribution in [3.05, 3.63) is 36.1 Å². The fourth-order valence-corrected chi connectivity index (χ4v) is 1.73. The molecule has 0 fully saturated rings. The summed E-state index contributed by atoms with van der Waals surface area (Å²) in [7, 11) is 0. The maximum atomic E-state index is 5.75. The largest absolute Gasteiger partial charge is 0.459 e. The van der Waals surface area contributed by atoms with Crippen LogP contribution in [0.3, 0.4) is 0 Å². The van der Waals surface area contributed by atoms with Gasteiger partial charge in [0.2, 0.25) is 0 Å². The highest BCUT2D eigenvalue weighted by Crippen LogP contribution is 2.19. The Morgan fingerprint density at radius 1 is 1.37 bits per heavy atom. The van der Waals surface area contributed by atoms with E-state index in [-0.39, 0.29) is 24.0 Å². The van der Waals surface area contributed by atoms with Crippen LogP contribution in [-0.2, 0) is 6.54 Å². The Bertz CT molecular complexity index is 503. The van der Waals surface area contributed by atoms with Gasteiger partial charge in [-0.1, -0.05) is 31.5 Å². The molecule has 0 aliphatic heterocycles. The van der Waals surface area contributed by atoms with Crippen molar-refractivity contribution in [3.8, 4) is 0 Å². The molecule has 4 nitrogen and oxygen atoms in total. The topological polar surface area (TPSA) is 63.5 Å². The van der Waals surface area contributed by atoms with Gasteiger partial charge < -0.3 is 15.5 Å². The van der Waals surface area contributed by atoms with Gasteiger partial charge in [-0.15, -0.1) is 24.0 Å². The first-order chi connectivity index (χ1) is 8.79. The van der Waals surface area contributed by atoms with E-state index < -0.39 is 0 Å². The molecule has 0 saturated carbocycles. The summed E-state index contributed by atoms with van der Waals surface area (Å²) < 4.78 is 5.65. The zero-order valence-electron chi connectivity index (χ0n) is 11.1. The van der Waals surface area contributed by atoms with Gasteiger partial charge >= 0.3 is 0 Å². The molecule has 1 aromatic carbocycles. The van der Waals surface area contributed by atoms with Crippen LogP contribution >= 0.6 is 24.0 Å². The number of nitrogens with two attached hydrogens (primary N) is 1. The molecule has 0 atom stereocenters. The average molecular weight is 373 g/mol. The summed E-state index contributed by atoms with van der Waals surface area (Å²) in [6.45, 7) is 3.48. The quantitative estimate of drug-likeness (QED) is 0.366. The van der Waals surface area contributed by atoms with Gasteiger partial charge in [0, 0.05) is 11.9 Å². The van der Waals surface area contributed by atoms with E-state index in [0.29, 0.717) is 12.5 Å². The molecule has 2 aromatic rings. The summed E-state index contributed by atoms with van der Waals surface area (Å²) in [5, 5.41) is 4.17. The Balaban J connectivity index is 0.00000180. The summed E-state index contributed by atoms with van der Waals surface area (Å²) in [6, 6.07) is 9.92. The van der Waals surface area contributed by atoms with Gasteiger partial charge in [0.15, 0.2) is 5.96 Å². The minimum absolute atomic E-state index is 0. The van der Waals surface area contributed by atoms with Gasteiger partial charge in [0.05, 0.1) is 0 Å². The summed E-state index contributed by atoms with van der Waals surface area (Å²) in [5.74, 6) is 1.31. The third-order valence-corrected chi connectivity index (χ3v) is 2.72. The number of para-hydroxylation sites is 1. The SMILES string of the molecule is CCCCNC(N)=NCc1cc2ccccc2o1.I. The predicted molar refractivity (Wildman–Crippen MR) is 89.9 cm³/mol. The first-order valence-corrected chi connectivity index (χ1v) is 6.31. The number of nitrogens with zero attached hydrogens (tertiary/aromatic N) is 1. The van der Waals surface area contributed by atoms with Gasteiger partial charge in [-0.3, -0.25) is 0 Å². The number of rotatable bonds is 5. The summed E-state index contributed by atoms with van der Waals surface area (Å²) in [6.07, 6.45) is 2.24. The zero-order chi connectivity index (χ0) is 12.8. The van der Waals surface area contributed by atoms with Crippen LogP contribution in [0.1, 0.15) is 25.5 Å². The van der Waals surface area contributed by atoms with Gasteiger partial charge in [0.25, 0.3) is 0 Å². The maximum absolute atomic E-state index is 5.75. The number of halogens is 1. The lowest BCUT2D eigenvalue weighted by Crippen LogP contribution is -2.32. The highest BCUT2D eigenvalue weighted by Gasteiger charge is 2.01. The average Bonchev–Trinajstić information content (AvgIpc) is 2.79. The van der Waals surface area contributed by atoms with Crippen LogP contribution < -0.4 is 11.1 Å². The fraction of sp³-hybridized carbons (Fsp3) is 0.357. The Morgan fingerprint density at radius 3 is 2.89 bits per heavy atom. The molecule has 3 N–H and O–H groups in total. The standard InChI is InChI=1S/C14H19N3O.HI/c1-2-3-8-16-14(15)17-10-12-9-11-6-4-5-7-13(11)18-12;/h4-7,9H,2-3,8,10H2,1H3,(H3,15,16,17);1H. The molecule has 5 heteroatoms. The van der Waals surface area contributed by atoms with Crippen molar-refractivity contribution < 1.29 is 4.42 Å². The fourth-order valence-electron chi connectivity index (χ4n) is 1.73. The molecule has 2 rings (SSSR count). The lowest BCUT2D eigenvalue weighted by molar-refractivity contribution is 0.552. The highest BCUT2D eigenvalue weighted by molar-refractivity contribution is 14.0. The molecule has 0 unspecified atom stereocenters. The monoisotopic (exact) mass is 373 g/mol. The Labute approximate surface area is 130 Å². The lowest BCUT2D eigenvalue weighted by Gasteiger charge is -2.03. The Morgan fingerprint density at radius 2 is 2.16 bits per heavy atom. The van der Waals surface area contributed by atoms with E-state index in [4.69, 9.17) is 10.2 Å². The van der Waals surface area contributed by atoms with Crippen molar-refractivity contribution in [2.24, 2.45) is 10.7 Å². The van der Waals surface area contributed by atoms with Crippen molar-refractivity contribution in [3.63, 3.8) is 0 Å². The molecule has 19 heavy (non-hydrogen) atoms. The number of unbranched alkanes of at least 4 members (excludes halogenated alkanes) is 1. The van der Waals surface area contributed by atoms with E-state index in [9.17, 15) is 0 Å². The molecule has 0 amide bonds. The second-order valence-electron chi connectivity index (χ2n) is 4.23. The number of guanidine groups is 1. The van der Waals surface area contributed by atoms with Gasteiger partial charge in [-0.25, -0.2) is 4.99 Å². The first-order valence-electron chi connectivity index (χ1n) is 6.31. The number of hydrogen-bond acceptors (Lipinski definition) is 2. The third-order valence-electron chi connectivity index (χ3n) is 2.72. The Hall–Kier alpha value is -1.24. The van der Waals surface area contributed by atoms with Gasteiger partial charge in [-0.05, 0) is 18.6 Å². The van der Waals surface area contributed by atoms with Crippen molar-refractivity contribution in [1.82, 2.24) is 5.32 Å². The highest BCUT2D eigenvalue weighted by atomic mass is 127. The molecule has 1 heterocycles. The molecule has 0 aliphatic rings. The van der Waals surface area contributed by atoms with Gasteiger partial charge in [-0.2, -0.15) is 0 Å². The number of aliphatic imine (C=N–C) groups is 1. The lowest BCUT2D eigenvalue weighted by atomic mass is 10.2. The molecule has 1 aromatic heterocycles. The van der Waals surface area contributed by atoms with Crippen LogP contribution in [-0.4, -0.2) is 12.5 Å². The summed E-state index contributed by atoms with van der Waals surface area (Å²) >= 11 is 0. The molecule has 104 valence electrons. The molecular formula is C14H20IN3O. The predicted octanol–water partition coefficient (Wildman–Crippen LogP) is 3.26. The number of furan rings is 1. The van der Waals surface area contributed by atoms with E-state index in [0.717, 1.165) is 36.1 Å². The smallest absolute Gasteiger partial charge is 0.189 e. The van der Waals surface area contributed by atoms with Crippen LogP contribution in [0.2, 0.25) is 0 Å². The van der Waals surface area contributed by atoms with Crippen molar-refractivity contribution in [2.45, 2.75) is 26.3 Å². The van der Waals surface area contributed by atoms with E-state index in [1.54, 1.807) is 0 Å². The van der Waals surface area contributed by atoms with E-state index in [2.05, 4.69) is 17.2 Å². The zero-order valence-corrected chi connectivity index (χ0v) is 13.4. The van der Waals surface area contributed by atoms with E-state index in [1.807, 2.05) is 30.3 Å². The maximum Gasteiger partial charge on any atom is 0.189 e. The molecule has 0 saturated heterocycles. The van der Waals surface area contributed by atoms with E-state index in [1.165, 1.54) is 0 Å². The molecule has 0 bridgehead atoms. The summed E-state index contributed by atoms with van der Waals surface area (Å²) in [5.41, 5.74) is 6.64. The van der Waals surface area contributed by atoms with Crippen molar-refractivity contribution in [1.29, 1.82) is 0 Å². The van der Waals surface area contributed by atoms with Crippen LogP contribution in [0.4, 0.5) is 0 Å². The van der Waals surface area contributed by atoms with Crippen LogP contribution in [0.25, 0.3) is 11.0 Å². The summed E-state index contributed by atoms with van der Waals surface area (Å²) in [4.78, 5) is 4.25. The van der Waals surface area contributed by atoms with Crippen molar-refractivity contribution in [2.75, 3.05) is 6.54 Å². The second-order valence-corrected chi connectivity index (χ2v) is 4.23. The van der Waals surface area contributed by atoms with Gasteiger partial charge in [0.1, 0.15) is 17.9 Å². The number of fused-ring (bicyclic) bond motifs is 1. The first kappa shape index (κ1) is 15.8. The Kier molecular flexibility index (Phi) is 6.69. The molecule has 0 spiro atoms. The van der Waals surface area contributed by atoms with E-state index >= 15 is 0 Å².